The Balaban J connectivity index is 1.76. The minimum absolute atomic E-state index is 0.0821. The van der Waals surface area contributed by atoms with Gasteiger partial charge in [0.1, 0.15) is 0 Å². The first-order valence-electron chi connectivity index (χ1n) is 7.50. The van der Waals surface area contributed by atoms with Gasteiger partial charge in [0.15, 0.2) is 0 Å². The lowest BCUT2D eigenvalue weighted by atomic mass is 10.2. The smallest absolute Gasteiger partial charge is 0.317 e. The lowest BCUT2D eigenvalue weighted by Gasteiger charge is -2.35. The molecular weight excluding hydrogens is 250 g/mol. The van der Waals surface area contributed by atoms with Crippen molar-refractivity contribution in [3.8, 4) is 0 Å². The van der Waals surface area contributed by atoms with E-state index < -0.39 is 0 Å². The van der Waals surface area contributed by atoms with Gasteiger partial charge >= 0.3 is 6.03 Å². The Morgan fingerprint density at radius 3 is 2.45 bits per heavy atom. The predicted octanol–water partition coefficient (Wildman–Crippen LogP) is 2.31. The van der Waals surface area contributed by atoms with E-state index in [0.29, 0.717) is 0 Å². The molecule has 1 aliphatic heterocycles. The molecule has 0 unspecified atom stereocenters. The molecule has 4 heteroatoms. The third-order valence-electron chi connectivity index (χ3n) is 3.89. The monoisotopic (exact) mass is 275 g/mol. The van der Waals surface area contributed by atoms with Crippen LogP contribution in [0, 0.1) is 0 Å². The highest BCUT2D eigenvalue weighted by Gasteiger charge is 2.21. The molecule has 0 saturated carbocycles. The summed E-state index contributed by atoms with van der Waals surface area (Å²) in [5.74, 6) is 0. The molecule has 20 heavy (non-hydrogen) atoms. The number of nitrogens with one attached hydrogen (secondary N) is 1. The van der Waals surface area contributed by atoms with E-state index in [2.05, 4.69) is 41.4 Å². The third-order valence-corrected chi connectivity index (χ3v) is 3.89. The van der Waals surface area contributed by atoms with Gasteiger partial charge in [0.2, 0.25) is 0 Å². The zero-order chi connectivity index (χ0) is 14.4. The molecule has 0 spiro atoms. The normalized spacial score (nSPS) is 17.8. The van der Waals surface area contributed by atoms with Crippen LogP contribution in [0.1, 0.15) is 25.8 Å². The summed E-state index contributed by atoms with van der Waals surface area (Å²) in [5, 5.41) is 3.03. The zero-order valence-electron chi connectivity index (χ0n) is 12.5. The lowest BCUT2D eigenvalue weighted by Crippen LogP contribution is -2.52. The maximum atomic E-state index is 12.0. The second kappa shape index (κ2) is 7.29. The summed E-state index contributed by atoms with van der Waals surface area (Å²) in [6.45, 7) is 8.63. The van der Waals surface area contributed by atoms with Gasteiger partial charge in [-0.05, 0) is 18.9 Å². The summed E-state index contributed by atoms with van der Waals surface area (Å²) in [6.07, 6.45) is 0.972. The number of urea groups is 1. The second-order valence-electron chi connectivity index (χ2n) is 5.51. The number of carbonyl (C=O) groups is 1. The molecule has 1 aromatic carbocycles. The zero-order valence-corrected chi connectivity index (χ0v) is 12.5. The second-order valence-corrected chi connectivity index (χ2v) is 5.51. The molecule has 2 amide bonds. The maximum absolute atomic E-state index is 12.0. The van der Waals surface area contributed by atoms with Crippen molar-refractivity contribution in [2.45, 2.75) is 32.9 Å². The van der Waals surface area contributed by atoms with E-state index in [9.17, 15) is 4.79 Å². The number of rotatable bonds is 4. The lowest BCUT2D eigenvalue weighted by molar-refractivity contribution is 0.133. The van der Waals surface area contributed by atoms with Crippen molar-refractivity contribution in [3.63, 3.8) is 0 Å². The van der Waals surface area contributed by atoms with E-state index in [1.54, 1.807) is 0 Å². The van der Waals surface area contributed by atoms with Crippen molar-refractivity contribution >= 4 is 6.03 Å². The molecule has 0 bridgehead atoms. The van der Waals surface area contributed by atoms with Gasteiger partial charge in [0.05, 0.1) is 0 Å². The van der Waals surface area contributed by atoms with Crippen molar-refractivity contribution in [2.24, 2.45) is 0 Å². The van der Waals surface area contributed by atoms with Gasteiger partial charge in [0, 0.05) is 38.8 Å². The van der Waals surface area contributed by atoms with Crippen molar-refractivity contribution in [3.05, 3.63) is 35.9 Å². The van der Waals surface area contributed by atoms with Gasteiger partial charge in [-0.2, -0.15) is 0 Å². The molecule has 0 aliphatic carbocycles. The van der Waals surface area contributed by atoms with Gasteiger partial charge in [-0.3, -0.25) is 4.90 Å². The molecule has 1 aliphatic rings. The molecule has 1 saturated heterocycles. The first-order valence-corrected chi connectivity index (χ1v) is 7.50. The fourth-order valence-corrected chi connectivity index (χ4v) is 2.35. The van der Waals surface area contributed by atoms with Gasteiger partial charge in [0.25, 0.3) is 0 Å². The first kappa shape index (κ1) is 14.9. The highest BCUT2D eigenvalue weighted by Crippen LogP contribution is 2.08. The maximum Gasteiger partial charge on any atom is 0.317 e. The molecule has 0 aromatic heterocycles. The highest BCUT2D eigenvalue weighted by molar-refractivity contribution is 5.74. The molecule has 2 rings (SSSR count). The first-order chi connectivity index (χ1) is 9.69. The molecular formula is C16H25N3O. The Hall–Kier alpha value is -1.55. The topological polar surface area (TPSA) is 35.6 Å². The van der Waals surface area contributed by atoms with Crippen LogP contribution in [0.4, 0.5) is 4.79 Å². The van der Waals surface area contributed by atoms with Crippen LogP contribution in [0.3, 0.4) is 0 Å². The van der Waals surface area contributed by atoms with Crippen molar-refractivity contribution in [2.75, 3.05) is 26.2 Å². The molecule has 1 aromatic rings. The summed E-state index contributed by atoms with van der Waals surface area (Å²) in [4.78, 5) is 16.4. The predicted molar refractivity (Wildman–Crippen MR) is 81.6 cm³/mol. The van der Waals surface area contributed by atoms with Gasteiger partial charge in [-0.1, -0.05) is 37.3 Å². The van der Waals surface area contributed by atoms with E-state index in [1.807, 2.05) is 17.9 Å². The number of carbonyl (C=O) groups excluding carboxylic acids is 1. The SMILES string of the molecule is CC[C@@H](C)NC(=O)N1CCN(Cc2ccccc2)CC1. The number of benzene rings is 1. The average Bonchev–Trinajstić information content (AvgIpc) is 2.49. The molecule has 1 atom stereocenters. The average molecular weight is 275 g/mol. The summed E-state index contributed by atoms with van der Waals surface area (Å²) in [5.41, 5.74) is 1.34. The Bertz CT molecular complexity index is 413. The molecule has 4 nitrogen and oxygen atoms in total. The van der Waals surface area contributed by atoms with Crippen LogP contribution in [0.15, 0.2) is 30.3 Å². The van der Waals surface area contributed by atoms with Gasteiger partial charge in [-0.25, -0.2) is 4.79 Å². The van der Waals surface area contributed by atoms with Crippen molar-refractivity contribution < 1.29 is 4.79 Å². The Morgan fingerprint density at radius 2 is 1.85 bits per heavy atom. The summed E-state index contributed by atoms with van der Waals surface area (Å²) < 4.78 is 0. The van der Waals surface area contributed by atoms with Gasteiger partial charge in [-0.15, -0.1) is 0 Å². The van der Waals surface area contributed by atoms with Crippen LogP contribution in [0.5, 0.6) is 0 Å². The molecule has 0 radical (unpaired) electrons. The Morgan fingerprint density at radius 1 is 1.20 bits per heavy atom. The molecule has 1 heterocycles. The van der Waals surface area contributed by atoms with Crippen LogP contribution < -0.4 is 5.32 Å². The number of hydrogen-bond acceptors (Lipinski definition) is 2. The Labute approximate surface area is 121 Å². The molecule has 110 valence electrons. The fourth-order valence-electron chi connectivity index (χ4n) is 2.35. The van der Waals surface area contributed by atoms with Crippen LogP contribution in [-0.4, -0.2) is 48.1 Å². The minimum atomic E-state index is 0.0821. The van der Waals surface area contributed by atoms with E-state index in [1.165, 1.54) is 5.56 Å². The number of amides is 2. The quantitative estimate of drug-likeness (QED) is 0.915. The van der Waals surface area contributed by atoms with Gasteiger partial charge < -0.3 is 10.2 Å². The minimum Gasteiger partial charge on any atom is -0.336 e. The van der Waals surface area contributed by atoms with Crippen LogP contribution in [-0.2, 0) is 6.54 Å². The number of nitrogens with zero attached hydrogens (tertiary/aromatic N) is 2. The molecule has 1 fully saturated rings. The Kier molecular flexibility index (Phi) is 5.41. The standard InChI is InChI=1S/C16H25N3O/c1-3-14(2)17-16(20)19-11-9-18(10-12-19)13-15-7-5-4-6-8-15/h4-8,14H,3,9-13H2,1-2H3,(H,17,20)/t14-/m1/s1. The van der Waals surface area contributed by atoms with Crippen molar-refractivity contribution in [1.29, 1.82) is 0 Å². The summed E-state index contributed by atoms with van der Waals surface area (Å²) in [6, 6.07) is 10.8. The number of hydrogen-bond donors (Lipinski definition) is 1. The third kappa shape index (κ3) is 4.23. The van der Waals surface area contributed by atoms with Crippen LogP contribution in [0.2, 0.25) is 0 Å². The van der Waals surface area contributed by atoms with Crippen LogP contribution in [0.25, 0.3) is 0 Å². The van der Waals surface area contributed by atoms with Crippen molar-refractivity contribution in [1.82, 2.24) is 15.1 Å². The molecule has 1 N–H and O–H groups in total. The fraction of sp³-hybridized carbons (Fsp3) is 0.562. The summed E-state index contributed by atoms with van der Waals surface area (Å²) in [7, 11) is 0. The summed E-state index contributed by atoms with van der Waals surface area (Å²) >= 11 is 0. The largest absolute Gasteiger partial charge is 0.336 e. The van der Waals surface area contributed by atoms with E-state index in [-0.39, 0.29) is 12.1 Å². The van der Waals surface area contributed by atoms with E-state index in [4.69, 9.17) is 0 Å². The number of piperazine rings is 1. The highest BCUT2D eigenvalue weighted by atomic mass is 16.2. The van der Waals surface area contributed by atoms with E-state index in [0.717, 1.165) is 39.1 Å². The van der Waals surface area contributed by atoms with Crippen LogP contribution >= 0.6 is 0 Å². The van der Waals surface area contributed by atoms with E-state index >= 15 is 0 Å².